The Morgan fingerprint density at radius 3 is 2.67 bits per heavy atom. The second kappa shape index (κ2) is 10.3. The number of para-hydroxylation sites is 1. The highest BCUT2D eigenvalue weighted by Crippen LogP contribution is 2.20. The van der Waals surface area contributed by atoms with Gasteiger partial charge in [0.05, 0.1) is 28.9 Å². The van der Waals surface area contributed by atoms with Gasteiger partial charge in [0.2, 0.25) is 10.0 Å². The minimum Gasteiger partial charge on any atom is -0.481 e. The number of aliphatic carboxylic acids is 1. The average Bonchev–Trinajstić information content (AvgIpc) is 3.06. The molecule has 2 aromatic carbocycles. The summed E-state index contributed by atoms with van der Waals surface area (Å²) in [5.41, 5.74) is 3.06. The van der Waals surface area contributed by atoms with Crippen LogP contribution in [0.5, 0.6) is 0 Å². The van der Waals surface area contributed by atoms with E-state index >= 15 is 0 Å². The van der Waals surface area contributed by atoms with Crippen molar-refractivity contribution in [1.29, 1.82) is 0 Å². The Bertz CT molecular complexity index is 1340. The molecule has 10 heteroatoms. The number of carbonyl (C=O) groups is 1. The molecule has 0 aliphatic rings. The molecule has 0 spiro atoms. The van der Waals surface area contributed by atoms with Gasteiger partial charge in [0.1, 0.15) is 0 Å². The van der Waals surface area contributed by atoms with Crippen LogP contribution in [0.2, 0.25) is 0 Å². The van der Waals surface area contributed by atoms with E-state index in [1.165, 1.54) is 17.0 Å². The van der Waals surface area contributed by atoms with Crippen molar-refractivity contribution in [3.05, 3.63) is 75.7 Å². The van der Waals surface area contributed by atoms with Gasteiger partial charge in [-0.1, -0.05) is 31.2 Å². The standard InChI is InChI=1S/C23H26N4O5S/c1-3-16-8-4-5-11-20(16)24-15-19-21(12-7-13-22(28)29)25-27(23(19)30)18-10-6-9-17(14-18)26-33(2,31)32/h4-6,8-11,14-15,25-26H,3,7,12-13H2,1-2H3,(H,28,29). The zero-order valence-electron chi connectivity index (χ0n) is 18.4. The number of anilines is 1. The summed E-state index contributed by atoms with van der Waals surface area (Å²) < 4.78 is 26.8. The van der Waals surface area contributed by atoms with Crippen LogP contribution in [0.4, 0.5) is 11.4 Å². The molecular weight excluding hydrogens is 444 g/mol. The van der Waals surface area contributed by atoms with E-state index in [1.807, 2.05) is 31.2 Å². The molecule has 1 heterocycles. The van der Waals surface area contributed by atoms with Crippen LogP contribution in [0.1, 0.15) is 36.6 Å². The number of aromatic nitrogens is 2. The van der Waals surface area contributed by atoms with Crippen molar-refractivity contribution in [2.75, 3.05) is 11.0 Å². The van der Waals surface area contributed by atoms with Gasteiger partial charge in [0.15, 0.2) is 0 Å². The van der Waals surface area contributed by atoms with E-state index in [0.29, 0.717) is 35.5 Å². The summed E-state index contributed by atoms with van der Waals surface area (Å²) in [6.45, 7) is 2.02. The van der Waals surface area contributed by atoms with Crippen LogP contribution in [0.25, 0.3) is 5.69 Å². The van der Waals surface area contributed by atoms with Crippen LogP contribution in [0, 0.1) is 0 Å². The summed E-state index contributed by atoms with van der Waals surface area (Å²) >= 11 is 0. The molecule has 0 amide bonds. The number of sulfonamides is 1. The maximum absolute atomic E-state index is 13.2. The maximum Gasteiger partial charge on any atom is 0.303 e. The number of aromatic amines is 1. The highest BCUT2D eigenvalue weighted by Gasteiger charge is 2.15. The van der Waals surface area contributed by atoms with Crippen molar-refractivity contribution in [2.24, 2.45) is 4.99 Å². The fourth-order valence-corrected chi connectivity index (χ4v) is 3.96. The predicted molar refractivity (Wildman–Crippen MR) is 129 cm³/mol. The summed E-state index contributed by atoms with van der Waals surface area (Å²) in [6, 6.07) is 14.0. The Balaban J connectivity index is 2.03. The molecule has 0 unspecified atom stereocenters. The Morgan fingerprint density at radius 1 is 1.21 bits per heavy atom. The molecular formula is C23H26N4O5S. The van der Waals surface area contributed by atoms with Crippen molar-refractivity contribution >= 4 is 33.6 Å². The quantitative estimate of drug-likeness (QED) is 0.391. The first kappa shape index (κ1) is 24.0. The topological polar surface area (TPSA) is 134 Å². The predicted octanol–water partition coefficient (Wildman–Crippen LogP) is 3.26. The first-order valence-corrected chi connectivity index (χ1v) is 12.3. The van der Waals surface area contributed by atoms with Crippen LogP contribution < -0.4 is 10.3 Å². The Hall–Kier alpha value is -3.66. The normalized spacial score (nSPS) is 11.7. The van der Waals surface area contributed by atoms with Gasteiger partial charge >= 0.3 is 5.97 Å². The summed E-state index contributed by atoms with van der Waals surface area (Å²) in [7, 11) is -3.48. The lowest BCUT2D eigenvalue weighted by molar-refractivity contribution is -0.137. The molecule has 0 bridgehead atoms. The van der Waals surface area contributed by atoms with E-state index in [9.17, 15) is 18.0 Å². The van der Waals surface area contributed by atoms with Gasteiger partial charge in [-0.05, 0) is 49.1 Å². The second-order valence-corrected chi connectivity index (χ2v) is 9.31. The molecule has 33 heavy (non-hydrogen) atoms. The summed E-state index contributed by atoms with van der Waals surface area (Å²) in [4.78, 5) is 28.7. The molecule has 0 saturated heterocycles. The molecule has 3 aromatic rings. The van der Waals surface area contributed by atoms with Gasteiger partial charge in [-0.2, -0.15) is 0 Å². The molecule has 174 valence electrons. The molecule has 0 fully saturated rings. The number of nitrogens with zero attached hydrogens (tertiary/aromatic N) is 2. The third kappa shape index (κ3) is 6.42. The van der Waals surface area contributed by atoms with Gasteiger partial charge < -0.3 is 5.11 Å². The number of benzene rings is 2. The largest absolute Gasteiger partial charge is 0.481 e. The Morgan fingerprint density at radius 2 is 1.97 bits per heavy atom. The summed E-state index contributed by atoms with van der Waals surface area (Å²) in [6.07, 6.45) is 3.99. The van der Waals surface area contributed by atoms with Gasteiger partial charge in [-0.3, -0.25) is 24.4 Å². The number of hydrogen-bond donors (Lipinski definition) is 3. The minimum atomic E-state index is -3.48. The highest BCUT2D eigenvalue weighted by atomic mass is 32.2. The molecule has 3 N–H and O–H groups in total. The lowest BCUT2D eigenvalue weighted by Gasteiger charge is -2.07. The van der Waals surface area contributed by atoms with Crippen molar-refractivity contribution in [1.82, 2.24) is 9.78 Å². The fraction of sp³-hybridized carbons (Fsp3) is 0.261. The number of hydrogen-bond acceptors (Lipinski definition) is 5. The first-order chi connectivity index (χ1) is 15.7. The molecule has 0 radical (unpaired) electrons. The maximum atomic E-state index is 13.2. The first-order valence-electron chi connectivity index (χ1n) is 10.4. The van der Waals surface area contributed by atoms with Crippen LogP contribution in [-0.4, -0.2) is 41.7 Å². The van der Waals surface area contributed by atoms with Crippen molar-refractivity contribution < 1.29 is 18.3 Å². The molecule has 1 aromatic heterocycles. The van der Waals surface area contributed by atoms with Gasteiger partial charge in [-0.25, -0.2) is 13.1 Å². The number of carboxylic acid groups (broad SMARTS) is 1. The number of nitrogens with one attached hydrogen (secondary N) is 2. The summed E-state index contributed by atoms with van der Waals surface area (Å²) in [5, 5.41) is 12.0. The number of H-pyrrole nitrogens is 1. The lowest BCUT2D eigenvalue weighted by atomic mass is 10.1. The van der Waals surface area contributed by atoms with E-state index in [0.717, 1.165) is 23.9 Å². The number of carboxylic acids is 1. The minimum absolute atomic E-state index is 0.0315. The molecule has 0 aliphatic carbocycles. The third-order valence-corrected chi connectivity index (χ3v) is 5.54. The molecule has 9 nitrogen and oxygen atoms in total. The van der Waals surface area contributed by atoms with E-state index in [1.54, 1.807) is 18.2 Å². The SMILES string of the molecule is CCc1ccccc1N=Cc1c(CCCC(=O)O)[nH]n(-c2cccc(NS(C)(=O)=O)c2)c1=O. The molecule has 0 atom stereocenters. The van der Waals surface area contributed by atoms with Gasteiger partial charge in [0.25, 0.3) is 5.56 Å². The average molecular weight is 471 g/mol. The molecule has 0 saturated carbocycles. The van der Waals surface area contributed by atoms with Crippen molar-refractivity contribution in [3.8, 4) is 5.69 Å². The van der Waals surface area contributed by atoms with Crippen LogP contribution in [0.3, 0.4) is 0 Å². The zero-order chi connectivity index (χ0) is 24.0. The Labute approximate surface area is 191 Å². The van der Waals surface area contributed by atoms with E-state index in [4.69, 9.17) is 5.11 Å². The highest BCUT2D eigenvalue weighted by molar-refractivity contribution is 7.92. The van der Waals surface area contributed by atoms with Crippen molar-refractivity contribution in [3.63, 3.8) is 0 Å². The van der Waals surface area contributed by atoms with E-state index in [-0.39, 0.29) is 12.0 Å². The van der Waals surface area contributed by atoms with Crippen molar-refractivity contribution in [2.45, 2.75) is 32.6 Å². The molecule has 0 aliphatic heterocycles. The van der Waals surface area contributed by atoms with Crippen LogP contribution >= 0.6 is 0 Å². The fourth-order valence-electron chi connectivity index (χ4n) is 3.41. The molecule has 3 rings (SSSR count). The Kier molecular flexibility index (Phi) is 7.49. The second-order valence-electron chi connectivity index (χ2n) is 7.56. The lowest BCUT2D eigenvalue weighted by Crippen LogP contribution is -2.17. The monoisotopic (exact) mass is 470 g/mol. The van der Waals surface area contributed by atoms with Gasteiger partial charge in [0, 0.05) is 18.3 Å². The van der Waals surface area contributed by atoms with E-state index in [2.05, 4.69) is 14.8 Å². The number of aryl methyl sites for hydroxylation is 2. The van der Waals surface area contributed by atoms with Crippen LogP contribution in [0.15, 0.2) is 58.3 Å². The smallest absolute Gasteiger partial charge is 0.303 e. The number of aliphatic imine (C=N–C) groups is 1. The summed E-state index contributed by atoms with van der Waals surface area (Å²) in [5.74, 6) is -0.913. The zero-order valence-corrected chi connectivity index (χ0v) is 19.2. The van der Waals surface area contributed by atoms with Gasteiger partial charge in [-0.15, -0.1) is 0 Å². The number of rotatable bonds is 10. The van der Waals surface area contributed by atoms with E-state index < -0.39 is 16.0 Å². The third-order valence-electron chi connectivity index (χ3n) is 4.94. The van der Waals surface area contributed by atoms with Crippen LogP contribution in [-0.2, 0) is 27.7 Å².